The summed E-state index contributed by atoms with van der Waals surface area (Å²) in [5, 5.41) is 9.49. The Kier molecular flexibility index (Phi) is 2.07. The maximum absolute atomic E-state index is 9.49. The van der Waals surface area contributed by atoms with E-state index in [1.807, 2.05) is 0 Å². The highest BCUT2D eigenvalue weighted by atomic mass is 79.9. The normalized spacial score (nSPS) is 14.3. The molecule has 0 aromatic heterocycles. The second-order valence-electron chi connectivity index (χ2n) is 2.86. The minimum atomic E-state index is 0.219. The monoisotopic (exact) mass is 244 g/mol. The van der Waals surface area contributed by atoms with Crippen LogP contribution in [0.4, 0.5) is 0 Å². The van der Waals surface area contributed by atoms with Gasteiger partial charge in [-0.3, -0.25) is 0 Å². The van der Waals surface area contributed by atoms with E-state index in [1.165, 1.54) is 0 Å². The molecule has 1 heterocycles. The predicted molar refractivity (Wildman–Crippen MR) is 51.5 cm³/mol. The molecule has 0 saturated heterocycles. The van der Waals surface area contributed by atoms with Gasteiger partial charge in [0, 0.05) is 5.56 Å². The molecule has 0 unspecified atom stereocenters. The van der Waals surface area contributed by atoms with Gasteiger partial charge in [-0.05, 0) is 28.9 Å². The number of ether oxygens (including phenoxy) is 2. The number of benzene rings is 1. The highest BCUT2D eigenvalue weighted by Gasteiger charge is 2.19. The smallest absolute Gasteiger partial charge is 0.176 e. The summed E-state index contributed by atoms with van der Waals surface area (Å²) in [6.07, 6.45) is 0. The summed E-state index contributed by atoms with van der Waals surface area (Å²) in [5.74, 6) is 1.54. The van der Waals surface area contributed by atoms with Crippen molar-refractivity contribution in [2.45, 2.75) is 6.92 Å². The molecule has 4 heteroatoms. The van der Waals surface area contributed by atoms with Gasteiger partial charge < -0.3 is 14.6 Å². The van der Waals surface area contributed by atoms with E-state index < -0.39 is 0 Å². The van der Waals surface area contributed by atoms with Gasteiger partial charge in [-0.2, -0.15) is 0 Å². The van der Waals surface area contributed by atoms with Gasteiger partial charge >= 0.3 is 0 Å². The van der Waals surface area contributed by atoms with Crippen LogP contribution in [-0.4, -0.2) is 18.3 Å². The van der Waals surface area contributed by atoms with E-state index in [9.17, 15) is 5.11 Å². The van der Waals surface area contributed by atoms with Crippen LogP contribution < -0.4 is 9.47 Å². The van der Waals surface area contributed by atoms with Gasteiger partial charge in [-0.1, -0.05) is 0 Å². The number of halogens is 1. The lowest BCUT2D eigenvalue weighted by molar-refractivity contribution is 0.168. The molecule has 0 spiro atoms. The van der Waals surface area contributed by atoms with Crippen LogP contribution in [-0.2, 0) is 0 Å². The fourth-order valence-electron chi connectivity index (χ4n) is 1.28. The molecule has 13 heavy (non-hydrogen) atoms. The second-order valence-corrected chi connectivity index (χ2v) is 3.71. The largest absolute Gasteiger partial charge is 0.507 e. The minimum Gasteiger partial charge on any atom is -0.507 e. The first-order chi connectivity index (χ1) is 6.20. The number of phenols is 1. The molecule has 2 rings (SSSR count). The molecular weight excluding hydrogens is 236 g/mol. The summed E-state index contributed by atoms with van der Waals surface area (Å²) in [6, 6.07) is 1.61. The van der Waals surface area contributed by atoms with Crippen LogP contribution in [0, 0.1) is 6.92 Å². The van der Waals surface area contributed by atoms with E-state index in [0.717, 1.165) is 10.0 Å². The third-order valence-corrected chi connectivity index (χ3v) is 2.58. The quantitative estimate of drug-likeness (QED) is 0.761. The van der Waals surface area contributed by atoms with E-state index in [1.54, 1.807) is 13.0 Å². The van der Waals surface area contributed by atoms with Crippen LogP contribution in [0.15, 0.2) is 10.5 Å². The number of hydrogen-bond acceptors (Lipinski definition) is 3. The number of phenolic OH excluding ortho intramolecular Hbond substituents is 1. The van der Waals surface area contributed by atoms with E-state index in [0.29, 0.717) is 24.7 Å². The average Bonchev–Trinajstić information content (AvgIpc) is 2.15. The zero-order valence-corrected chi connectivity index (χ0v) is 8.72. The van der Waals surface area contributed by atoms with Crippen LogP contribution in [0.2, 0.25) is 0 Å². The summed E-state index contributed by atoms with van der Waals surface area (Å²) >= 11 is 3.30. The first-order valence-electron chi connectivity index (χ1n) is 3.98. The van der Waals surface area contributed by atoms with Crippen molar-refractivity contribution >= 4 is 15.9 Å². The molecule has 3 nitrogen and oxygen atoms in total. The van der Waals surface area contributed by atoms with Gasteiger partial charge in [0.1, 0.15) is 19.0 Å². The molecule has 1 aliphatic rings. The summed E-state index contributed by atoms with van der Waals surface area (Å²) in [7, 11) is 0. The van der Waals surface area contributed by atoms with Crippen molar-refractivity contribution in [3.63, 3.8) is 0 Å². The summed E-state index contributed by atoms with van der Waals surface area (Å²) in [4.78, 5) is 0. The molecule has 1 N–H and O–H groups in total. The Hall–Kier alpha value is -0.900. The first kappa shape index (κ1) is 8.69. The zero-order valence-electron chi connectivity index (χ0n) is 7.13. The molecular formula is C9H9BrO3. The second kappa shape index (κ2) is 3.10. The molecule has 0 amide bonds. The van der Waals surface area contributed by atoms with Gasteiger partial charge in [0.15, 0.2) is 11.5 Å². The van der Waals surface area contributed by atoms with Crippen LogP contribution in [0.5, 0.6) is 17.2 Å². The number of aromatic hydroxyl groups is 1. The summed E-state index contributed by atoms with van der Waals surface area (Å²) < 4.78 is 11.5. The van der Waals surface area contributed by atoms with Crippen molar-refractivity contribution < 1.29 is 14.6 Å². The third-order valence-electron chi connectivity index (χ3n) is 1.99. The Balaban J connectivity index is 2.63. The average molecular weight is 245 g/mol. The van der Waals surface area contributed by atoms with Crippen molar-refractivity contribution in [2.24, 2.45) is 0 Å². The lowest BCUT2D eigenvalue weighted by Gasteiger charge is -2.21. The zero-order chi connectivity index (χ0) is 9.42. The maximum Gasteiger partial charge on any atom is 0.176 e. The van der Waals surface area contributed by atoms with Crippen LogP contribution in [0.1, 0.15) is 5.56 Å². The predicted octanol–water partition coefficient (Wildman–Crippen LogP) is 2.23. The lowest BCUT2D eigenvalue weighted by atomic mass is 10.2. The van der Waals surface area contributed by atoms with Crippen LogP contribution in [0.3, 0.4) is 0 Å². The molecule has 0 saturated carbocycles. The summed E-state index contributed by atoms with van der Waals surface area (Å²) in [5.41, 5.74) is 0.720. The number of rotatable bonds is 0. The molecule has 0 aliphatic carbocycles. The van der Waals surface area contributed by atoms with Crippen molar-refractivity contribution in [1.29, 1.82) is 0 Å². The van der Waals surface area contributed by atoms with Crippen molar-refractivity contribution in [2.75, 3.05) is 13.2 Å². The Morgan fingerprint density at radius 1 is 1.31 bits per heavy atom. The molecule has 1 aliphatic heterocycles. The Bertz CT molecular complexity index is 349. The van der Waals surface area contributed by atoms with E-state index >= 15 is 0 Å². The van der Waals surface area contributed by atoms with Crippen LogP contribution in [0.25, 0.3) is 0 Å². The Morgan fingerprint density at radius 3 is 2.62 bits per heavy atom. The highest BCUT2D eigenvalue weighted by Crippen LogP contribution is 2.43. The molecule has 0 fully saturated rings. The minimum absolute atomic E-state index is 0.219. The van der Waals surface area contributed by atoms with Gasteiger partial charge in [0.05, 0.1) is 4.47 Å². The van der Waals surface area contributed by atoms with Gasteiger partial charge in [0.2, 0.25) is 0 Å². The molecule has 0 atom stereocenters. The highest BCUT2D eigenvalue weighted by molar-refractivity contribution is 9.10. The van der Waals surface area contributed by atoms with Gasteiger partial charge in [-0.25, -0.2) is 0 Å². The molecule has 1 aromatic rings. The van der Waals surface area contributed by atoms with Crippen molar-refractivity contribution in [3.05, 3.63) is 16.1 Å². The molecule has 0 radical (unpaired) electrons. The first-order valence-corrected chi connectivity index (χ1v) is 4.77. The molecule has 70 valence electrons. The van der Waals surface area contributed by atoms with E-state index in [-0.39, 0.29) is 5.75 Å². The lowest BCUT2D eigenvalue weighted by Crippen LogP contribution is -2.16. The number of hydrogen-bond donors (Lipinski definition) is 1. The third kappa shape index (κ3) is 1.35. The van der Waals surface area contributed by atoms with E-state index in [2.05, 4.69) is 15.9 Å². The standard InChI is InChI=1S/C9H9BrO3/c1-5-7(11)4-6(10)9-8(5)12-2-3-13-9/h4,11H,2-3H2,1H3. The van der Waals surface area contributed by atoms with Crippen molar-refractivity contribution in [3.8, 4) is 17.2 Å². The molecule has 0 bridgehead atoms. The van der Waals surface area contributed by atoms with Crippen molar-refractivity contribution in [1.82, 2.24) is 0 Å². The van der Waals surface area contributed by atoms with Crippen LogP contribution >= 0.6 is 15.9 Å². The summed E-state index contributed by atoms with van der Waals surface area (Å²) in [6.45, 7) is 2.88. The van der Waals surface area contributed by atoms with Gasteiger partial charge in [-0.15, -0.1) is 0 Å². The number of fused-ring (bicyclic) bond motifs is 1. The fourth-order valence-corrected chi connectivity index (χ4v) is 1.80. The van der Waals surface area contributed by atoms with Gasteiger partial charge in [0.25, 0.3) is 0 Å². The Morgan fingerprint density at radius 2 is 1.92 bits per heavy atom. The Labute approximate surface area is 84.4 Å². The topological polar surface area (TPSA) is 38.7 Å². The fraction of sp³-hybridized carbons (Fsp3) is 0.333. The molecule has 1 aromatic carbocycles. The SMILES string of the molecule is Cc1c(O)cc(Br)c2c1OCCO2. The maximum atomic E-state index is 9.49. The van der Waals surface area contributed by atoms with E-state index in [4.69, 9.17) is 9.47 Å².